The summed E-state index contributed by atoms with van der Waals surface area (Å²) in [6.45, 7) is 0.273. The molecular formula is C22H24N4OS. The van der Waals surface area contributed by atoms with Crippen LogP contribution in [0.2, 0.25) is 0 Å². The van der Waals surface area contributed by atoms with Crippen molar-refractivity contribution in [3.05, 3.63) is 52.2 Å². The third-order valence-electron chi connectivity index (χ3n) is 5.06. The fourth-order valence-corrected chi connectivity index (χ4v) is 4.87. The van der Waals surface area contributed by atoms with Gasteiger partial charge in [-0.25, -0.2) is 9.97 Å². The molecule has 1 amide bonds. The Morgan fingerprint density at radius 2 is 1.96 bits per heavy atom. The molecule has 5 nitrogen and oxygen atoms in total. The van der Waals surface area contributed by atoms with Crippen molar-refractivity contribution in [2.75, 3.05) is 25.5 Å². The van der Waals surface area contributed by atoms with Crippen molar-refractivity contribution in [2.45, 2.75) is 25.7 Å². The molecule has 0 aliphatic heterocycles. The quantitative estimate of drug-likeness (QED) is 0.715. The second kappa shape index (κ2) is 8.10. The highest BCUT2D eigenvalue weighted by Crippen LogP contribution is 2.39. The number of hydrogen-bond donors (Lipinski definition) is 1. The molecule has 0 saturated carbocycles. The monoisotopic (exact) mass is 392 g/mol. The Morgan fingerprint density at radius 1 is 1.18 bits per heavy atom. The standard InChI is InChI=1S/C22H24N4OS/c1-23-19(27)14-26(2)21-20-16-10-6-7-11-17(16)28-22(20)25-18(24-21)13-12-15-8-4-3-5-9-15/h3-5,8-9,12-13H,6-7,10-11,14H2,1-2H3,(H,23,27)/b13-12+. The largest absolute Gasteiger partial charge is 0.358 e. The molecule has 0 unspecified atom stereocenters. The average molecular weight is 393 g/mol. The normalized spacial score (nSPS) is 13.6. The minimum absolute atomic E-state index is 0.0280. The molecule has 2 aromatic heterocycles. The number of hydrogen-bond acceptors (Lipinski definition) is 5. The third-order valence-corrected chi connectivity index (χ3v) is 6.24. The van der Waals surface area contributed by atoms with Crippen LogP contribution in [-0.4, -0.2) is 36.5 Å². The summed E-state index contributed by atoms with van der Waals surface area (Å²) < 4.78 is 0. The van der Waals surface area contributed by atoms with Crippen molar-refractivity contribution in [1.29, 1.82) is 0 Å². The number of carbonyl (C=O) groups excluding carboxylic acids is 1. The van der Waals surface area contributed by atoms with Crippen molar-refractivity contribution in [3.63, 3.8) is 0 Å². The molecule has 0 saturated heterocycles. The summed E-state index contributed by atoms with van der Waals surface area (Å²) in [5.41, 5.74) is 2.49. The predicted octanol–water partition coefficient (Wildman–Crippen LogP) is 3.92. The van der Waals surface area contributed by atoms with Crippen molar-refractivity contribution < 1.29 is 4.79 Å². The highest BCUT2D eigenvalue weighted by molar-refractivity contribution is 7.19. The first-order valence-electron chi connectivity index (χ1n) is 9.63. The van der Waals surface area contributed by atoms with Gasteiger partial charge in [0.2, 0.25) is 5.91 Å². The molecule has 6 heteroatoms. The Kier molecular flexibility index (Phi) is 5.39. The Labute approximate surface area is 169 Å². The van der Waals surface area contributed by atoms with E-state index in [-0.39, 0.29) is 12.5 Å². The first kappa shape index (κ1) is 18.6. The number of amides is 1. The van der Waals surface area contributed by atoms with Crippen LogP contribution in [0.3, 0.4) is 0 Å². The van der Waals surface area contributed by atoms with Gasteiger partial charge in [-0.3, -0.25) is 4.79 Å². The Bertz CT molecular complexity index is 1030. The lowest BCUT2D eigenvalue weighted by atomic mass is 9.97. The molecule has 0 fully saturated rings. The van der Waals surface area contributed by atoms with Gasteiger partial charge < -0.3 is 10.2 Å². The zero-order valence-corrected chi connectivity index (χ0v) is 17.1. The highest BCUT2D eigenvalue weighted by Gasteiger charge is 2.23. The maximum absolute atomic E-state index is 11.9. The summed E-state index contributed by atoms with van der Waals surface area (Å²) in [6, 6.07) is 10.1. The van der Waals surface area contributed by atoms with Crippen LogP contribution in [0.15, 0.2) is 30.3 Å². The summed E-state index contributed by atoms with van der Waals surface area (Å²) in [4.78, 5) is 26.0. The molecular weight excluding hydrogens is 368 g/mol. The number of aryl methyl sites for hydroxylation is 2. The lowest BCUT2D eigenvalue weighted by Crippen LogP contribution is -2.33. The number of rotatable bonds is 5. The number of carbonyl (C=O) groups is 1. The number of aromatic nitrogens is 2. The van der Waals surface area contributed by atoms with Crippen LogP contribution in [0.4, 0.5) is 5.82 Å². The van der Waals surface area contributed by atoms with E-state index in [2.05, 4.69) is 17.4 Å². The van der Waals surface area contributed by atoms with E-state index in [1.165, 1.54) is 23.3 Å². The van der Waals surface area contributed by atoms with Crippen LogP contribution in [0.1, 0.15) is 34.7 Å². The molecule has 4 rings (SSSR count). The van der Waals surface area contributed by atoms with Gasteiger partial charge in [-0.05, 0) is 42.9 Å². The van der Waals surface area contributed by atoms with E-state index < -0.39 is 0 Å². The van der Waals surface area contributed by atoms with Gasteiger partial charge in [0.1, 0.15) is 10.6 Å². The molecule has 2 heterocycles. The fraction of sp³-hybridized carbons (Fsp3) is 0.318. The van der Waals surface area contributed by atoms with Crippen LogP contribution in [0, 0.1) is 0 Å². The van der Waals surface area contributed by atoms with Gasteiger partial charge in [0, 0.05) is 19.0 Å². The van der Waals surface area contributed by atoms with Crippen LogP contribution in [-0.2, 0) is 17.6 Å². The topological polar surface area (TPSA) is 58.1 Å². The molecule has 144 valence electrons. The number of thiophene rings is 1. The second-order valence-corrected chi connectivity index (χ2v) is 8.15. The van der Waals surface area contributed by atoms with E-state index in [1.807, 2.05) is 42.3 Å². The number of anilines is 1. The van der Waals surface area contributed by atoms with E-state index in [9.17, 15) is 4.79 Å². The molecule has 28 heavy (non-hydrogen) atoms. The summed E-state index contributed by atoms with van der Waals surface area (Å²) >= 11 is 1.78. The van der Waals surface area contributed by atoms with E-state index in [0.717, 1.165) is 34.4 Å². The van der Waals surface area contributed by atoms with E-state index in [4.69, 9.17) is 9.97 Å². The lowest BCUT2D eigenvalue weighted by molar-refractivity contribution is -0.119. The van der Waals surface area contributed by atoms with Crippen molar-refractivity contribution >= 4 is 45.4 Å². The zero-order valence-electron chi connectivity index (χ0n) is 16.2. The maximum Gasteiger partial charge on any atom is 0.239 e. The van der Waals surface area contributed by atoms with Crippen LogP contribution < -0.4 is 10.2 Å². The van der Waals surface area contributed by atoms with Gasteiger partial charge in [-0.2, -0.15) is 0 Å². The maximum atomic E-state index is 11.9. The van der Waals surface area contributed by atoms with E-state index in [1.54, 1.807) is 18.4 Å². The molecule has 0 bridgehead atoms. The Balaban J connectivity index is 1.79. The highest BCUT2D eigenvalue weighted by atomic mass is 32.1. The lowest BCUT2D eigenvalue weighted by Gasteiger charge is -2.20. The summed E-state index contributed by atoms with van der Waals surface area (Å²) in [7, 11) is 3.58. The fourth-order valence-electron chi connectivity index (χ4n) is 3.61. The Morgan fingerprint density at radius 3 is 2.75 bits per heavy atom. The molecule has 0 spiro atoms. The van der Waals surface area contributed by atoms with Crippen LogP contribution in [0.5, 0.6) is 0 Å². The number of benzene rings is 1. The van der Waals surface area contributed by atoms with Gasteiger partial charge in [0.05, 0.1) is 11.9 Å². The molecule has 1 aliphatic carbocycles. The Hall–Kier alpha value is -2.73. The predicted molar refractivity (Wildman–Crippen MR) is 117 cm³/mol. The van der Waals surface area contributed by atoms with Gasteiger partial charge in [0.15, 0.2) is 5.82 Å². The van der Waals surface area contributed by atoms with Crippen molar-refractivity contribution in [2.24, 2.45) is 0 Å². The van der Waals surface area contributed by atoms with E-state index >= 15 is 0 Å². The molecule has 1 aliphatic rings. The minimum atomic E-state index is -0.0280. The van der Waals surface area contributed by atoms with Crippen molar-refractivity contribution in [3.8, 4) is 0 Å². The van der Waals surface area contributed by atoms with Gasteiger partial charge in [-0.15, -0.1) is 11.3 Å². The van der Waals surface area contributed by atoms with Gasteiger partial charge in [0.25, 0.3) is 0 Å². The minimum Gasteiger partial charge on any atom is -0.358 e. The molecule has 0 atom stereocenters. The first-order valence-corrected chi connectivity index (χ1v) is 10.4. The van der Waals surface area contributed by atoms with Crippen molar-refractivity contribution in [1.82, 2.24) is 15.3 Å². The smallest absolute Gasteiger partial charge is 0.239 e. The third kappa shape index (κ3) is 3.78. The van der Waals surface area contributed by atoms with Gasteiger partial charge >= 0.3 is 0 Å². The number of nitrogens with zero attached hydrogens (tertiary/aromatic N) is 3. The number of likely N-dealkylation sites (N-methyl/N-ethyl adjacent to an activating group) is 2. The molecule has 3 aromatic rings. The summed E-state index contributed by atoms with van der Waals surface area (Å²) in [5, 5.41) is 3.82. The first-order chi connectivity index (χ1) is 13.7. The molecule has 1 N–H and O–H groups in total. The van der Waals surface area contributed by atoms with E-state index in [0.29, 0.717) is 5.82 Å². The second-order valence-electron chi connectivity index (χ2n) is 7.07. The van der Waals surface area contributed by atoms with Crippen LogP contribution in [0.25, 0.3) is 22.4 Å². The zero-order chi connectivity index (χ0) is 19.5. The number of nitrogens with one attached hydrogen (secondary N) is 1. The SMILES string of the molecule is CNC(=O)CN(C)c1nc(/C=C/c2ccccc2)nc2sc3c(c12)CCCC3. The number of fused-ring (bicyclic) bond motifs is 3. The summed E-state index contributed by atoms with van der Waals surface area (Å²) in [5.74, 6) is 1.49. The molecule has 1 aromatic carbocycles. The average Bonchev–Trinajstić information content (AvgIpc) is 3.10. The summed E-state index contributed by atoms with van der Waals surface area (Å²) in [6.07, 6.45) is 8.59. The van der Waals surface area contributed by atoms with Crippen LogP contribution >= 0.6 is 11.3 Å². The van der Waals surface area contributed by atoms with Gasteiger partial charge in [-0.1, -0.05) is 36.4 Å². The molecule has 0 radical (unpaired) electrons.